The lowest BCUT2D eigenvalue weighted by Gasteiger charge is -2.26. The first kappa shape index (κ1) is 12.1. The second-order valence-electron chi connectivity index (χ2n) is 3.92. The van der Waals surface area contributed by atoms with Crippen LogP contribution in [0.3, 0.4) is 0 Å². The van der Waals surface area contributed by atoms with Gasteiger partial charge in [-0.2, -0.15) is 0 Å². The molecule has 0 N–H and O–H groups in total. The lowest BCUT2D eigenvalue weighted by atomic mass is 10.1. The normalized spacial score (nSPS) is 18.1. The van der Waals surface area contributed by atoms with Crippen molar-refractivity contribution in [3.05, 3.63) is 39.5 Å². The Morgan fingerprint density at radius 3 is 2.50 bits per heavy atom. The molecule has 0 bridgehead atoms. The molecule has 0 unspecified atom stereocenters. The molecule has 0 amide bonds. The standard InChI is InChI=1S/C13H16INO/c14-6-5-12-1-3-13(4-2-12)11-15-7-9-16-10-8-15/h1-6H,7-11H2. The minimum absolute atomic E-state index is 0.871. The molecular formula is C13H16INO. The Labute approximate surface area is 110 Å². The van der Waals surface area contributed by atoms with Gasteiger partial charge in [-0.05, 0) is 21.3 Å². The van der Waals surface area contributed by atoms with E-state index >= 15 is 0 Å². The molecule has 3 heteroatoms. The molecule has 1 heterocycles. The van der Waals surface area contributed by atoms with Crippen molar-refractivity contribution in [2.24, 2.45) is 0 Å². The molecular weight excluding hydrogens is 313 g/mol. The zero-order chi connectivity index (χ0) is 11.2. The van der Waals surface area contributed by atoms with E-state index in [2.05, 4.69) is 57.8 Å². The SMILES string of the molecule is IC=Cc1ccc(CN2CCOCC2)cc1. The van der Waals surface area contributed by atoms with Gasteiger partial charge in [0.15, 0.2) is 0 Å². The number of nitrogens with zero attached hydrogens (tertiary/aromatic N) is 1. The van der Waals surface area contributed by atoms with E-state index in [0.717, 1.165) is 32.8 Å². The van der Waals surface area contributed by atoms with Crippen LogP contribution in [0.2, 0.25) is 0 Å². The Balaban J connectivity index is 1.93. The lowest BCUT2D eigenvalue weighted by Crippen LogP contribution is -2.35. The Morgan fingerprint density at radius 1 is 1.19 bits per heavy atom. The summed E-state index contributed by atoms with van der Waals surface area (Å²) in [5, 5.41) is 0. The summed E-state index contributed by atoms with van der Waals surface area (Å²) >= 11 is 2.24. The van der Waals surface area contributed by atoms with Gasteiger partial charge in [-0.25, -0.2) is 0 Å². The second kappa shape index (κ2) is 6.37. The van der Waals surface area contributed by atoms with Gasteiger partial charge < -0.3 is 4.74 Å². The summed E-state index contributed by atoms with van der Waals surface area (Å²) < 4.78 is 7.37. The molecule has 0 aromatic heterocycles. The van der Waals surface area contributed by atoms with Gasteiger partial charge in [-0.3, -0.25) is 4.90 Å². The average molecular weight is 329 g/mol. The quantitative estimate of drug-likeness (QED) is 0.791. The zero-order valence-electron chi connectivity index (χ0n) is 9.23. The van der Waals surface area contributed by atoms with Crippen molar-refractivity contribution in [3.8, 4) is 0 Å². The number of morpholine rings is 1. The molecule has 1 aromatic rings. The van der Waals surface area contributed by atoms with Crippen molar-refractivity contribution in [2.45, 2.75) is 6.54 Å². The third kappa shape index (κ3) is 3.57. The molecule has 2 nitrogen and oxygen atoms in total. The summed E-state index contributed by atoms with van der Waals surface area (Å²) in [4.78, 5) is 2.44. The third-order valence-electron chi connectivity index (χ3n) is 2.75. The number of hydrogen-bond acceptors (Lipinski definition) is 2. The highest BCUT2D eigenvalue weighted by molar-refractivity contribution is 14.1. The highest BCUT2D eigenvalue weighted by Crippen LogP contribution is 2.10. The van der Waals surface area contributed by atoms with Gasteiger partial charge in [0.25, 0.3) is 0 Å². The van der Waals surface area contributed by atoms with Gasteiger partial charge in [-0.15, -0.1) is 0 Å². The molecule has 0 spiro atoms. The van der Waals surface area contributed by atoms with Crippen molar-refractivity contribution in [1.82, 2.24) is 4.90 Å². The minimum Gasteiger partial charge on any atom is -0.379 e. The maximum atomic E-state index is 5.34. The van der Waals surface area contributed by atoms with Crippen LogP contribution < -0.4 is 0 Å². The van der Waals surface area contributed by atoms with Gasteiger partial charge in [0.2, 0.25) is 0 Å². The fourth-order valence-electron chi connectivity index (χ4n) is 1.82. The van der Waals surface area contributed by atoms with Crippen LogP contribution in [0.25, 0.3) is 6.08 Å². The van der Waals surface area contributed by atoms with Crippen molar-refractivity contribution in [1.29, 1.82) is 0 Å². The van der Waals surface area contributed by atoms with Gasteiger partial charge in [0, 0.05) is 19.6 Å². The Kier molecular flexibility index (Phi) is 4.81. The topological polar surface area (TPSA) is 12.5 Å². The van der Waals surface area contributed by atoms with Gasteiger partial charge in [0.1, 0.15) is 0 Å². The molecule has 1 saturated heterocycles. The fourth-order valence-corrected chi connectivity index (χ4v) is 2.24. The van der Waals surface area contributed by atoms with E-state index in [4.69, 9.17) is 4.74 Å². The first-order valence-corrected chi connectivity index (χ1v) is 6.79. The maximum absolute atomic E-state index is 5.34. The molecule has 0 aliphatic carbocycles. The van der Waals surface area contributed by atoms with Crippen LogP contribution >= 0.6 is 22.6 Å². The molecule has 0 atom stereocenters. The van der Waals surface area contributed by atoms with E-state index in [1.165, 1.54) is 11.1 Å². The number of ether oxygens (including phenoxy) is 1. The summed E-state index contributed by atoms with van der Waals surface area (Å²) in [7, 11) is 0. The first-order chi connectivity index (χ1) is 7.88. The molecule has 1 aliphatic rings. The van der Waals surface area contributed by atoms with Crippen LogP contribution in [0, 0.1) is 0 Å². The minimum atomic E-state index is 0.871. The van der Waals surface area contributed by atoms with Crippen LogP contribution in [0.5, 0.6) is 0 Å². The van der Waals surface area contributed by atoms with E-state index in [0.29, 0.717) is 0 Å². The highest BCUT2D eigenvalue weighted by atomic mass is 127. The third-order valence-corrected chi connectivity index (χ3v) is 3.10. The summed E-state index contributed by atoms with van der Waals surface area (Å²) in [6, 6.07) is 8.76. The van der Waals surface area contributed by atoms with Crippen LogP contribution in [0.4, 0.5) is 0 Å². The predicted octanol–water partition coefficient (Wildman–Crippen LogP) is 2.92. The van der Waals surface area contributed by atoms with Crippen LogP contribution in [0.15, 0.2) is 28.3 Å². The second-order valence-corrected chi connectivity index (χ2v) is 4.64. The number of hydrogen-bond donors (Lipinski definition) is 0. The molecule has 1 aliphatic heterocycles. The largest absolute Gasteiger partial charge is 0.379 e. The van der Waals surface area contributed by atoms with E-state index in [1.807, 2.05) is 4.08 Å². The van der Waals surface area contributed by atoms with Crippen molar-refractivity contribution in [3.63, 3.8) is 0 Å². The van der Waals surface area contributed by atoms with E-state index < -0.39 is 0 Å². The molecule has 16 heavy (non-hydrogen) atoms. The summed E-state index contributed by atoms with van der Waals surface area (Å²) in [6.07, 6.45) is 2.11. The fraction of sp³-hybridized carbons (Fsp3) is 0.385. The van der Waals surface area contributed by atoms with Gasteiger partial charge in [0.05, 0.1) is 13.2 Å². The summed E-state index contributed by atoms with van der Waals surface area (Å²) in [6.45, 7) is 4.88. The molecule has 1 aromatic carbocycles. The molecule has 2 rings (SSSR count). The Bertz CT molecular complexity index is 341. The van der Waals surface area contributed by atoms with Crippen molar-refractivity contribution in [2.75, 3.05) is 26.3 Å². The monoisotopic (exact) mass is 329 g/mol. The summed E-state index contributed by atoms with van der Waals surface area (Å²) in [5.74, 6) is 0. The average Bonchev–Trinajstić information content (AvgIpc) is 2.33. The van der Waals surface area contributed by atoms with E-state index in [1.54, 1.807) is 0 Å². The summed E-state index contributed by atoms with van der Waals surface area (Å²) in [5.41, 5.74) is 2.65. The molecule has 1 fully saturated rings. The van der Waals surface area contributed by atoms with E-state index in [9.17, 15) is 0 Å². The predicted molar refractivity (Wildman–Crippen MR) is 75.6 cm³/mol. The number of rotatable bonds is 3. The molecule has 0 saturated carbocycles. The van der Waals surface area contributed by atoms with Crippen molar-refractivity contribution >= 4 is 28.7 Å². The van der Waals surface area contributed by atoms with Crippen LogP contribution in [-0.2, 0) is 11.3 Å². The Morgan fingerprint density at radius 2 is 1.88 bits per heavy atom. The van der Waals surface area contributed by atoms with Crippen molar-refractivity contribution < 1.29 is 4.74 Å². The van der Waals surface area contributed by atoms with Gasteiger partial charge in [-0.1, -0.05) is 46.9 Å². The van der Waals surface area contributed by atoms with Crippen LogP contribution in [0.1, 0.15) is 11.1 Å². The maximum Gasteiger partial charge on any atom is 0.0594 e. The lowest BCUT2D eigenvalue weighted by molar-refractivity contribution is 0.0342. The highest BCUT2D eigenvalue weighted by Gasteiger charge is 2.09. The first-order valence-electron chi connectivity index (χ1n) is 5.54. The smallest absolute Gasteiger partial charge is 0.0594 e. The molecule has 0 radical (unpaired) electrons. The Hall–Kier alpha value is -0.390. The number of benzene rings is 1. The zero-order valence-corrected chi connectivity index (χ0v) is 11.4. The van der Waals surface area contributed by atoms with Gasteiger partial charge >= 0.3 is 0 Å². The van der Waals surface area contributed by atoms with Crippen LogP contribution in [-0.4, -0.2) is 31.2 Å². The molecule has 86 valence electrons. The van der Waals surface area contributed by atoms with E-state index in [-0.39, 0.29) is 0 Å². The number of halogens is 1.